The van der Waals surface area contributed by atoms with Gasteiger partial charge in [0.1, 0.15) is 17.0 Å². The molecular weight excluding hydrogens is 637 g/mol. The molecular formula is C47H36N4O. The van der Waals surface area contributed by atoms with Gasteiger partial charge in [0, 0.05) is 44.4 Å². The van der Waals surface area contributed by atoms with Crippen LogP contribution in [0.15, 0.2) is 173 Å². The molecule has 7 aromatic carbocycles. The van der Waals surface area contributed by atoms with Crippen molar-refractivity contribution in [2.24, 2.45) is 4.99 Å². The van der Waals surface area contributed by atoms with Crippen LogP contribution in [0.4, 0.5) is 0 Å². The molecule has 52 heavy (non-hydrogen) atoms. The highest BCUT2D eigenvalue weighted by molar-refractivity contribution is 6.13. The lowest BCUT2D eigenvalue weighted by molar-refractivity contribution is 0.669. The Kier molecular flexibility index (Phi) is 7.74. The van der Waals surface area contributed by atoms with E-state index in [0.717, 1.165) is 66.5 Å². The summed E-state index contributed by atoms with van der Waals surface area (Å²) in [5.74, 6) is 0.862. The van der Waals surface area contributed by atoms with Gasteiger partial charge < -0.3 is 14.3 Å². The number of aromatic nitrogens is 1. The summed E-state index contributed by atoms with van der Waals surface area (Å²) in [7, 11) is 0. The minimum absolute atomic E-state index is 0.101. The Bertz CT molecular complexity index is 2810. The summed E-state index contributed by atoms with van der Waals surface area (Å²) in [6.07, 6.45) is 0. The first-order chi connectivity index (χ1) is 25.5. The second kappa shape index (κ2) is 12.9. The number of nitrogens with one attached hydrogen (secondary N) is 2. The van der Waals surface area contributed by atoms with E-state index in [4.69, 9.17) is 14.8 Å². The molecule has 5 heteroatoms. The summed E-state index contributed by atoms with van der Waals surface area (Å²) >= 11 is 0. The number of nitrogens with zero attached hydrogens (tertiary/aromatic N) is 2. The molecule has 0 spiro atoms. The molecule has 2 aromatic heterocycles. The van der Waals surface area contributed by atoms with Crippen LogP contribution in [0.1, 0.15) is 25.0 Å². The van der Waals surface area contributed by atoms with Gasteiger partial charge in [-0.25, -0.2) is 4.99 Å². The molecule has 0 saturated heterocycles. The highest BCUT2D eigenvalue weighted by Crippen LogP contribution is 2.38. The number of hydrogen-bond donors (Lipinski definition) is 2. The van der Waals surface area contributed by atoms with E-state index >= 15 is 0 Å². The molecule has 250 valence electrons. The molecule has 0 amide bonds. The van der Waals surface area contributed by atoms with Gasteiger partial charge in [-0.3, -0.25) is 5.41 Å². The van der Waals surface area contributed by atoms with Crippen molar-refractivity contribution in [3.8, 4) is 27.9 Å². The van der Waals surface area contributed by atoms with E-state index in [-0.39, 0.29) is 11.9 Å². The van der Waals surface area contributed by atoms with Crippen molar-refractivity contribution in [3.63, 3.8) is 0 Å². The Hall–Kier alpha value is -6.72. The van der Waals surface area contributed by atoms with Crippen LogP contribution >= 0.6 is 0 Å². The SMILES string of the molecule is CC(C)N/C(=N\C(=N)c1ccccc1)c1cc(-c2ccc3oc4ccccc4c3c2)cc(-c2ccc3c(c2)c2ccccc2n3-c2ccccc2)c1. The molecule has 5 nitrogen and oxygen atoms in total. The molecule has 0 aliphatic heterocycles. The van der Waals surface area contributed by atoms with Crippen molar-refractivity contribution in [1.29, 1.82) is 5.41 Å². The molecule has 0 aliphatic rings. The fourth-order valence-electron chi connectivity index (χ4n) is 7.24. The first-order valence-electron chi connectivity index (χ1n) is 17.7. The highest BCUT2D eigenvalue weighted by Gasteiger charge is 2.17. The molecule has 0 atom stereocenters. The number of rotatable bonds is 6. The Morgan fingerprint density at radius 2 is 1.13 bits per heavy atom. The maximum Gasteiger partial charge on any atom is 0.154 e. The number of furan rings is 1. The number of para-hydroxylation sites is 3. The van der Waals surface area contributed by atoms with E-state index in [0.29, 0.717) is 5.84 Å². The molecule has 0 unspecified atom stereocenters. The van der Waals surface area contributed by atoms with Crippen LogP contribution in [0.2, 0.25) is 0 Å². The molecule has 0 bridgehead atoms. The normalized spacial score (nSPS) is 12.0. The maximum atomic E-state index is 8.94. The van der Waals surface area contributed by atoms with E-state index in [9.17, 15) is 0 Å². The average molecular weight is 673 g/mol. The van der Waals surface area contributed by atoms with E-state index < -0.39 is 0 Å². The Morgan fingerprint density at radius 1 is 0.538 bits per heavy atom. The number of aliphatic imine (C=N–C) groups is 1. The van der Waals surface area contributed by atoms with Gasteiger partial charge in [-0.05, 0) is 103 Å². The zero-order valence-corrected chi connectivity index (χ0v) is 29.0. The summed E-state index contributed by atoms with van der Waals surface area (Å²) in [5.41, 5.74) is 11.2. The summed E-state index contributed by atoms with van der Waals surface area (Å²) in [4.78, 5) is 4.91. The van der Waals surface area contributed by atoms with Crippen molar-refractivity contribution in [1.82, 2.24) is 9.88 Å². The van der Waals surface area contributed by atoms with Gasteiger partial charge in [-0.2, -0.15) is 0 Å². The monoisotopic (exact) mass is 672 g/mol. The minimum Gasteiger partial charge on any atom is -0.456 e. The fourth-order valence-corrected chi connectivity index (χ4v) is 7.24. The summed E-state index contributed by atoms with van der Waals surface area (Å²) < 4.78 is 8.52. The van der Waals surface area contributed by atoms with Crippen LogP contribution in [-0.4, -0.2) is 22.3 Å². The van der Waals surface area contributed by atoms with Crippen LogP contribution in [0.5, 0.6) is 0 Å². The van der Waals surface area contributed by atoms with Crippen molar-refractivity contribution < 1.29 is 4.42 Å². The lowest BCUT2D eigenvalue weighted by Gasteiger charge is -2.17. The second-order valence-electron chi connectivity index (χ2n) is 13.5. The first-order valence-corrected chi connectivity index (χ1v) is 17.7. The summed E-state index contributed by atoms with van der Waals surface area (Å²) in [5, 5.41) is 17.1. The third-order valence-electron chi connectivity index (χ3n) is 9.63. The van der Waals surface area contributed by atoms with Crippen LogP contribution in [0.3, 0.4) is 0 Å². The number of benzene rings is 7. The lowest BCUT2D eigenvalue weighted by atomic mass is 9.94. The lowest BCUT2D eigenvalue weighted by Crippen LogP contribution is -2.32. The number of fused-ring (bicyclic) bond motifs is 6. The smallest absolute Gasteiger partial charge is 0.154 e. The van der Waals surface area contributed by atoms with Crippen molar-refractivity contribution >= 4 is 55.4 Å². The zero-order chi connectivity index (χ0) is 35.2. The Balaban J connectivity index is 1.26. The molecule has 9 aromatic rings. The zero-order valence-electron chi connectivity index (χ0n) is 29.0. The molecule has 0 aliphatic carbocycles. The van der Waals surface area contributed by atoms with Crippen molar-refractivity contribution in [3.05, 3.63) is 175 Å². The molecule has 2 heterocycles. The number of amidine groups is 2. The van der Waals surface area contributed by atoms with Crippen LogP contribution in [0, 0.1) is 5.41 Å². The van der Waals surface area contributed by atoms with Gasteiger partial charge in [0.05, 0.1) is 11.0 Å². The summed E-state index contributed by atoms with van der Waals surface area (Å²) in [6, 6.07) is 56.9. The van der Waals surface area contributed by atoms with Crippen LogP contribution < -0.4 is 5.32 Å². The van der Waals surface area contributed by atoms with Crippen molar-refractivity contribution in [2.45, 2.75) is 19.9 Å². The molecule has 2 N–H and O–H groups in total. The van der Waals surface area contributed by atoms with E-state index in [2.05, 4.69) is 145 Å². The van der Waals surface area contributed by atoms with Crippen LogP contribution in [-0.2, 0) is 0 Å². The summed E-state index contributed by atoms with van der Waals surface area (Å²) in [6.45, 7) is 4.20. The quantitative estimate of drug-likeness (QED) is 0.136. The van der Waals surface area contributed by atoms with E-state index in [1.807, 2.05) is 42.5 Å². The number of hydrogen-bond acceptors (Lipinski definition) is 2. The van der Waals surface area contributed by atoms with Gasteiger partial charge in [-0.15, -0.1) is 0 Å². The van der Waals surface area contributed by atoms with Crippen molar-refractivity contribution in [2.75, 3.05) is 0 Å². The van der Waals surface area contributed by atoms with Crippen LogP contribution in [0.25, 0.3) is 71.7 Å². The fraction of sp³-hybridized carbons (Fsp3) is 0.0638. The highest BCUT2D eigenvalue weighted by atomic mass is 16.3. The molecule has 0 fully saturated rings. The predicted octanol–water partition coefficient (Wildman–Crippen LogP) is 11.8. The first kappa shape index (κ1) is 31.3. The molecule has 0 radical (unpaired) electrons. The Morgan fingerprint density at radius 3 is 1.88 bits per heavy atom. The predicted molar refractivity (Wildman–Crippen MR) is 217 cm³/mol. The van der Waals surface area contributed by atoms with Gasteiger partial charge in [0.25, 0.3) is 0 Å². The van der Waals surface area contributed by atoms with Gasteiger partial charge in [-0.1, -0.05) is 97.1 Å². The molecule has 9 rings (SSSR count). The Labute approximate surface area is 302 Å². The average Bonchev–Trinajstić information content (AvgIpc) is 3.73. The third-order valence-corrected chi connectivity index (χ3v) is 9.63. The van der Waals surface area contributed by atoms with Gasteiger partial charge in [0.2, 0.25) is 0 Å². The largest absolute Gasteiger partial charge is 0.456 e. The van der Waals surface area contributed by atoms with E-state index in [1.54, 1.807) is 0 Å². The minimum atomic E-state index is 0.101. The van der Waals surface area contributed by atoms with E-state index in [1.165, 1.54) is 16.3 Å². The maximum absolute atomic E-state index is 8.94. The van der Waals surface area contributed by atoms with Gasteiger partial charge in [0.15, 0.2) is 5.84 Å². The topological polar surface area (TPSA) is 66.3 Å². The third kappa shape index (κ3) is 5.62. The second-order valence-corrected chi connectivity index (χ2v) is 13.5. The standard InChI is InChI=1S/C47H36N4O/c1-30(2)49-47(50-46(48)31-13-5-3-6-14-31)36-26-34(25-35(27-36)33-22-24-45-41(29-33)39-18-10-12-20-44(39)52-45)32-21-23-43-40(28-32)38-17-9-11-19-42(38)51(43)37-15-7-4-8-16-37/h3-30H,1-2H3,(H2,48,49,50). The van der Waals surface area contributed by atoms with Gasteiger partial charge >= 0.3 is 0 Å². The molecule has 0 saturated carbocycles.